The summed E-state index contributed by atoms with van der Waals surface area (Å²) in [5, 5.41) is 0.658. The lowest BCUT2D eigenvalue weighted by Gasteiger charge is -2.30. The lowest BCUT2D eigenvalue weighted by molar-refractivity contribution is 0.253. The highest BCUT2D eigenvalue weighted by atomic mass is 31.2. The van der Waals surface area contributed by atoms with Crippen molar-refractivity contribution < 1.29 is 13.6 Å². The molecule has 4 heteroatoms. The largest absolute Gasteiger partial charge is 0.425 e. The van der Waals surface area contributed by atoms with Crippen LogP contribution >= 0.6 is 7.60 Å². The van der Waals surface area contributed by atoms with Gasteiger partial charge in [0.05, 0.1) is 11.9 Å². The molecule has 0 amide bonds. The second-order valence-corrected chi connectivity index (χ2v) is 7.71. The van der Waals surface area contributed by atoms with Gasteiger partial charge in [0, 0.05) is 17.6 Å². The summed E-state index contributed by atoms with van der Waals surface area (Å²) in [6.07, 6.45) is 2.79. The molecule has 0 aliphatic carbocycles. The van der Waals surface area contributed by atoms with Gasteiger partial charge in [0.15, 0.2) is 0 Å². The average molecular weight is 342 g/mol. The van der Waals surface area contributed by atoms with Crippen molar-refractivity contribution >= 4 is 18.5 Å². The minimum atomic E-state index is -3.32. The summed E-state index contributed by atoms with van der Waals surface area (Å²) in [6.45, 7) is 4.34. The van der Waals surface area contributed by atoms with E-state index < -0.39 is 7.60 Å². The molecule has 1 aliphatic rings. The number of unbranched alkanes of at least 4 members (excludes halogenated alkanes) is 1. The van der Waals surface area contributed by atoms with Crippen molar-refractivity contribution in [2.45, 2.75) is 33.1 Å². The van der Waals surface area contributed by atoms with E-state index in [1.54, 1.807) is 0 Å². The number of hydrogen-bond donors (Lipinski definition) is 0. The fourth-order valence-electron chi connectivity index (χ4n) is 3.01. The van der Waals surface area contributed by atoms with E-state index in [1.807, 2.05) is 49.4 Å². The summed E-state index contributed by atoms with van der Waals surface area (Å²) in [5.74, 6) is 0.776. The Labute approximate surface area is 143 Å². The molecular formula is C20H23O3P. The molecule has 0 N–H and O–H groups in total. The minimum absolute atomic E-state index is 0.355. The Hall–Kier alpha value is -1.83. The zero-order valence-corrected chi connectivity index (χ0v) is 15.1. The Bertz CT molecular complexity index is 780. The van der Waals surface area contributed by atoms with Gasteiger partial charge < -0.3 is 4.52 Å². The molecule has 0 saturated heterocycles. The molecule has 1 unspecified atom stereocenters. The first-order valence-corrected chi connectivity index (χ1v) is 10.1. The Morgan fingerprint density at radius 3 is 2.42 bits per heavy atom. The van der Waals surface area contributed by atoms with Crippen molar-refractivity contribution in [3.05, 3.63) is 71.5 Å². The van der Waals surface area contributed by atoms with Crippen LogP contribution in [0.4, 0.5) is 0 Å². The number of hydrogen-bond acceptors (Lipinski definition) is 3. The molecule has 0 fully saturated rings. The van der Waals surface area contributed by atoms with Gasteiger partial charge in [-0.25, -0.2) is 4.57 Å². The van der Waals surface area contributed by atoms with Crippen molar-refractivity contribution in [3.8, 4) is 0 Å². The van der Waals surface area contributed by atoms with Crippen LogP contribution in [0.15, 0.2) is 60.4 Å². The number of rotatable bonds is 6. The third kappa shape index (κ3) is 3.19. The first-order valence-electron chi connectivity index (χ1n) is 8.52. The van der Waals surface area contributed by atoms with E-state index in [0.29, 0.717) is 11.9 Å². The zero-order chi connectivity index (χ0) is 17.0. The molecule has 3 nitrogen and oxygen atoms in total. The maximum atomic E-state index is 13.3. The standard InChI is InChI=1S/C20H23O3P/c1-3-5-14-18-20(16-11-7-6-8-12-16)17-13-9-10-15-19(17)24(21,23-18)22-4-2/h6-13,15H,3-5,14H2,1-2H3. The summed E-state index contributed by atoms with van der Waals surface area (Å²) in [5.41, 5.74) is 3.07. The molecule has 0 aromatic heterocycles. The van der Waals surface area contributed by atoms with Gasteiger partial charge >= 0.3 is 7.60 Å². The summed E-state index contributed by atoms with van der Waals surface area (Å²) in [4.78, 5) is 0. The lowest BCUT2D eigenvalue weighted by Crippen LogP contribution is -2.21. The quantitative estimate of drug-likeness (QED) is 0.648. The number of allylic oxidation sites excluding steroid dienone is 1. The summed E-state index contributed by atoms with van der Waals surface area (Å²) < 4.78 is 24.9. The van der Waals surface area contributed by atoms with Gasteiger partial charge in [-0.2, -0.15) is 0 Å². The van der Waals surface area contributed by atoms with Crippen LogP contribution in [0.5, 0.6) is 0 Å². The van der Waals surface area contributed by atoms with E-state index in [-0.39, 0.29) is 0 Å². The number of fused-ring (bicyclic) bond motifs is 1. The van der Waals surface area contributed by atoms with Gasteiger partial charge in [-0.05, 0) is 25.0 Å². The predicted molar refractivity (Wildman–Crippen MR) is 98.4 cm³/mol. The molecule has 1 atom stereocenters. The molecule has 0 bridgehead atoms. The summed E-state index contributed by atoms with van der Waals surface area (Å²) in [6, 6.07) is 17.9. The Morgan fingerprint density at radius 1 is 1.00 bits per heavy atom. The average Bonchev–Trinajstić information content (AvgIpc) is 2.61. The van der Waals surface area contributed by atoms with Gasteiger partial charge in [0.2, 0.25) is 0 Å². The monoisotopic (exact) mass is 342 g/mol. The van der Waals surface area contributed by atoms with Crippen molar-refractivity contribution in [2.75, 3.05) is 6.61 Å². The van der Waals surface area contributed by atoms with E-state index in [2.05, 4.69) is 19.1 Å². The molecule has 0 saturated carbocycles. The Morgan fingerprint density at radius 2 is 1.71 bits per heavy atom. The van der Waals surface area contributed by atoms with E-state index in [1.165, 1.54) is 0 Å². The van der Waals surface area contributed by atoms with Gasteiger partial charge in [0.1, 0.15) is 5.76 Å². The van der Waals surface area contributed by atoms with Crippen molar-refractivity contribution in [1.29, 1.82) is 0 Å². The molecule has 1 heterocycles. The third-order valence-corrected chi connectivity index (χ3v) is 6.14. The third-order valence-electron chi connectivity index (χ3n) is 4.10. The normalized spacial score (nSPS) is 19.8. The predicted octanol–water partition coefficient (Wildman–Crippen LogP) is 5.52. The molecule has 1 aliphatic heterocycles. The molecule has 0 spiro atoms. The molecule has 126 valence electrons. The van der Waals surface area contributed by atoms with Crippen LogP contribution < -0.4 is 5.30 Å². The second kappa shape index (κ2) is 7.38. The highest BCUT2D eigenvalue weighted by Gasteiger charge is 2.38. The van der Waals surface area contributed by atoms with E-state index >= 15 is 0 Å². The molecule has 3 rings (SSSR count). The van der Waals surface area contributed by atoms with E-state index in [9.17, 15) is 4.57 Å². The molecule has 2 aromatic carbocycles. The van der Waals surface area contributed by atoms with Crippen LogP contribution in [-0.4, -0.2) is 6.61 Å². The fourth-order valence-corrected chi connectivity index (χ4v) is 4.86. The van der Waals surface area contributed by atoms with E-state index in [4.69, 9.17) is 9.05 Å². The summed E-state index contributed by atoms with van der Waals surface area (Å²) >= 11 is 0. The van der Waals surface area contributed by atoms with Crippen LogP contribution in [0.2, 0.25) is 0 Å². The van der Waals surface area contributed by atoms with Crippen LogP contribution in [0.25, 0.3) is 5.57 Å². The van der Waals surface area contributed by atoms with Crippen molar-refractivity contribution in [3.63, 3.8) is 0 Å². The molecule has 24 heavy (non-hydrogen) atoms. The van der Waals surface area contributed by atoms with Crippen molar-refractivity contribution in [2.24, 2.45) is 0 Å². The zero-order valence-electron chi connectivity index (χ0n) is 14.2. The maximum absolute atomic E-state index is 13.3. The number of benzene rings is 2. The Balaban J connectivity index is 2.21. The van der Waals surface area contributed by atoms with Crippen LogP contribution in [0.1, 0.15) is 44.2 Å². The highest BCUT2D eigenvalue weighted by molar-refractivity contribution is 7.62. The van der Waals surface area contributed by atoms with Gasteiger partial charge in [0.25, 0.3) is 0 Å². The molecule has 0 radical (unpaired) electrons. The SMILES string of the molecule is CCCCC1=C(c2ccccc2)c2ccccc2P(=O)(OCC)O1. The minimum Gasteiger partial charge on any atom is -0.425 e. The molecule has 2 aromatic rings. The first kappa shape index (κ1) is 17.0. The van der Waals surface area contributed by atoms with Crippen LogP contribution in [0.3, 0.4) is 0 Å². The maximum Gasteiger partial charge on any atom is 0.411 e. The van der Waals surface area contributed by atoms with Crippen LogP contribution in [0, 0.1) is 0 Å². The highest BCUT2D eigenvalue weighted by Crippen LogP contribution is 2.56. The van der Waals surface area contributed by atoms with E-state index in [0.717, 1.165) is 41.7 Å². The molecular weight excluding hydrogens is 319 g/mol. The van der Waals surface area contributed by atoms with Crippen LogP contribution in [-0.2, 0) is 13.6 Å². The van der Waals surface area contributed by atoms with Crippen molar-refractivity contribution in [1.82, 2.24) is 0 Å². The van der Waals surface area contributed by atoms with Gasteiger partial charge in [-0.15, -0.1) is 0 Å². The summed E-state index contributed by atoms with van der Waals surface area (Å²) in [7, 11) is -3.32. The lowest BCUT2D eigenvalue weighted by atomic mass is 9.95. The fraction of sp³-hybridized carbons (Fsp3) is 0.300. The Kier molecular flexibility index (Phi) is 5.23. The topological polar surface area (TPSA) is 35.5 Å². The second-order valence-electron chi connectivity index (χ2n) is 5.79. The first-order chi connectivity index (χ1) is 11.7. The van der Waals surface area contributed by atoms with Gasteiger partial charge in [-0.3, -0.25) is 4.52 Å². The van der Waals surface area contributed by atoms with Gasteiger partial charge in [-0.1, -0.05) is 61.9 Å². The smallest absolute Gasteiger partial charge is 0.411 e.